The van der Waals surface area contributed by atoms with E-state index in [-0.39, 0.29) is 0 Å². The molecule has 1 fully saturated rings. The molecule has 3 nitrogen and oxygen atoms in total. The average molecular weight is 399 g/mol. The van der Waals surface area contributed by atoms with E-state index in [0.717, 1.165) is 41.7 Å². The van der Waals surface area contributed by atoms with E-state index in [1.807, 2.05) is 24.3 Å². The number of ether oxygens (including phenoxy) is 2. The molecule has 4 rings (SSSR count). The van der Waals surface area contributed by atoms with E-state index in [1.54, 1.807) is 0 Å². The van der Waals surface area contributed by atoms with Gasteiger partial charge in [-0.25, -0.2) is 4.98 Å². The second kappa shape index (κ2) is 7.54. The zero-order valence-electron chi connectivity index (χ0n) is 14.0. The molecule has 2 aromatic carbocycles. The van der Waals surface area contributed by atoms with Crippen molar-refractivity contribution in [2.45, 2.75) is 25.4 Å². The van der Waals surface area contributed by atoms with E-state index in [1.165, 1.54) is 16.6 Å². The summed E-state index contributed by atoms with van der Waals surface area (Å²) in [6.07, 6.45) is 4.20. The van der Waals surface area contributed by atoms with Crippen LogP contribution < -0.4 is 9.72 Å². The van der Waals surface area contributed by atoms with Gasteiger partial charge in [0.15, 0.2) is 11.9 Å². The Morgan fingerprint density at radius 2 is 1.80 bits per heavy atom. The normalized spacial score (nSPS) is 15.4. The van der Waals surface area contributed by atoms with E-state index in [4.69, 9.17) is 9.47 Å². The number of fused-ring (bicyclic) bond motifs is 1. The Hall–Kier alpha value is -1.91. The Bertz CT molecular complexity index is 860. The summed E-state index contributed by atoms with van der Waals surface area (Å²) in [7, 11) is 0. The third kappa shape index (κ3) is 3.55. The van der Waals surface area contributed by atoms with E-state index >= 15 is 0 Å². The second-order valence-electron chi connectivity index (χ2n) is 6.39. The smallest absolute Gasteiger partial charge is 0.197 e. The summed E-state index contributed by atoms with van der Waals surface area (Å²) in [5, 5.41) is 2.28. The van der Waals surface area contributed by atoms with E-state index in [0.29, 0.717) is 12.5 Å². The van der Waals surface area contributed by atoms with Crippen LogP contribution in [0.2, 0.25) is 0 Å². The minimum atomic E-state index is 0.515. The minimum Gasteiger partial charge on any atom is -0.488 e. The summed E-state index contributed by atoms with van der Waals surface area (Å²) >= 11 is 3.82. The highest BCUT2D eigenvalue weighted by Crippen LogP contribution is 2.36. The highest BCUT2D eigenvalue weighted by Gasteiger charge is 2.26. The second-order valence-corrected chi connectivity index (χ2v) is 7.19. The summed E-state index contributed by atoms with van der Waals surface area (Å²) in [6, 6.07) is 16.5. The van der Waals surface area contributed by atoms with E-state index in [2.05, 4.69) is 51.4 Å². The molecule has 3 aromatic rings. The van der Waals surface area contributed by atoms with Gasteiger partial charge in [-0.05, 0) is 40.4 Å². The molecule has 1 N–H and O–H groups in total. The van der Waals surface area contributed by atoms with Crippen molar-refractivity contribution in [3.05, 3.63) is 70.5 Å². The van der Waals surface area contributed by atoms with Crippen LogP contribution in [0.1, 0.15) is 30.0 Å². The Labute approximate surface area is 156 Å². The van der Waals surface area contributed by atoms with Gasteiger partial charge in [-0.3, -0.25) is 0 Å². The maximum atomic E-state index is 6.08. The number of H-pyrrole nitrogens is 1. The summed E-state index contributed by atoms with van der Waals surface area (Å²) in [5.74, 6) is 1.42. The van der Waals surface area contributed by atoms with Crippen molar-refractivity contribution in [3.63, 3.8) is 0 Å². The van der Waals surface area contributed by atoms with Crippen molar-refractivity contribution in [1.82, 2.24) is 0 Å². The summed E-state index contributed by atoms with van der Waals surface area (Å²) in [4.78, 5) is 3.51. The number of aromatic amines is 1. The first-order valence-electron chi connectivity index (χ1n) is 8.70. The Morgan fingerprint density at radius 3 is 2.60 bits per heavy atom. The quantitative estimate of drug-likeness (QED) is 0.626. The number of benzene rings is 2. The third-order valence-electron chi connectivity index (χ3n) is 4.78. The molecule has 0 aliphatic carbocycles. The summed E-state index contributed by atoms with van der Waals surface area (Å²) in [5.41, 5.74) is 2.43. The van der Waals surface area contributed by atoms with Crippen LogP contribution in [-0.2, 0) is 11.3 Å². The number of hydrogen-bond acceptors (Lipinski definition) is 2. The zero-order valence-corrected chi connectivity index (χ0v) is 15.6. The predicted molar refractivity (Wildman–Crippen MR) is 102 cm³/mol. The van der Waals surface area contributed by atoms with Crippen molar-refractivity contribution >= 4 is 26.7 Å². The number of aromatic nitrogens is 1. The van der Waals surface area contributed by atoms with Gasteiger partial charge in [0.2, 0.25) is 0 Å². The topological polar surface area (TPSA) is 32.6 Å². The fraction of sp³-hybridized carbons (Fsp3) is 0.286. The molecule has 0 unspecified atom stereocenters. The minimum absolute atomic E-state index is 0.515. The first kappa shape index (κ1) is 16.6. The monoisotopic (exact) mass is 398 g/mol. The molecule has 1 aliphatic heterocycles. The maximum absolute atomic E-state index is 6.08. The molecular formula is C21H21BrNO2+. The van der Waals surface area contributed by atoms with Crippen LogP contribution >= 0.6 is 15.9 Å². The molecule has 25 heavy (non-hydrogen) atoms. The van der Waals surface area contributed by atoms with Crippen molar-refractivity contribution in [3.8, 4) is 5.75 Å². The number of rotatable bonds is 4. The number of hydrogen-bond donors (Lipinski definition) is 0. The predicted octanol–water partition coefficient (Wildman–Crippen LogP) is 4.89. The van der Waals surface area contributed by atoms with Gasteiger partial charge in [-0.2, -0.15) is 0 Å². The van der Waals surface area contributed by atoms with Crippen molar-refractivity contribution in [2.75, 3.05) is 13.2 Å². The van der Waals surface area contributed by atoms with Gasteiger partial charge in [0, 0.05) is 24.5 Å². The standard InChI is InChI=1S/C21H20BrNO2/c22-20-17-7-4-8-19(25-14-15-5-2-1-3-6-15)18(17)13-23-21(20)16-9-11-24-12-10-16/h1-8,13,16H,9-12,14H2/p+1. The van der Waals surface area contributed by atoms with Crippen molar-refractivity contribution < 1.29 is 14.5 Å². The lowest BCUT2D eigenvalue weighted by Crippen LogP contribution is -2.22. The van der Waals surface area contributed by atoms with E-state index in [9.17, 15) is 0 Å². The highest BCUT2D eigenvalue weighted by molar-refractivity contribution is 9.10. The first-order chi connectivity index (χ1) is 12.3. The molecule has 0 spiro atoms. The molecule has 2 heterocycles. The van der Waals surface area contributed by atoms with Gasteiger partial charge >= 0.3 is 0 Å². The maximum Gasteiger partial charge on any atom is 0.197 e. The largest absolute Gasteiger partial charge is 0.488 e. The van der Waals surface area contributed by atoms with Crippen LogP contribution in [0.3, 0.4) is 0 Å². The third-order valence-corrected chi connectivity index (χ3v) is 5.63. The van der Waals surface area contributed by atoms with Crippen LogP contribution in [0.25, 0.3) is 10.8 Å². The zero-order chi connectivity index (χ0) is 17.1. The van der Waals surface area contributed by atoms with Crippen molar-refractivity contribution in [2.24, 2.45) is 0 Å². The molecule has 0 radical (unpaired) electrons. The summed E-state index contributed by atoms with van der Waals surface area (Å²) < 4.78 is 12.7. The molecule has 0 atom stereocenters. The first-order valence-corrected chi connectivity index (χ1v) is 9.49. The van der Waals surface area contributed by atoms with Gasteiger partial charge in [-0.1, -0.05) is 42.5 Å². The van der Waals surface area contributed by atoms with Gasteiger partial charge < -0.3 is 9.47 Å². The molecule has 4 heteroatoms. The average Bonchev–Trinajstić information content (AvgIpc) is 2.68. The summed E-state index contributed by atoms with van der Waals surface area (Å²) in [6.45, 7) is 2.24. The molecule has 0 amide bonds. The fourth-order valence-electron chi connectivity index (χ4n) is 3.39. The molecule has 0 saturated carbocycles. The number of nitrogens with one attached hydrogen (secondary N) is 1. The lowest BCUT2D eigenvalue weighted by Gasteiger charge is -2.20. The Kier molecular flexibility index (Phi) is 4.99. The van der Waals surface area contributed by atoms with Crippen LogP contribution in [0.5, 0.6) is 5.75 Å². The number of pyridine rings is 1. The van der Waals surface area contributed by atoms with Gasteiger partial charge in [0.1, 0.15) is 12.4 Å². The number of halogens is 1. The SMILES string of the molecule is Brc1c(C2CCOCC2)[nH+]cc2c(OCc3ccccc3)cccc12. The molecule has 1 saturated heterocycles. The molecule has 128 valence electrons. The lowest BCUT2D eigenvalue weighted by atomic mass is 9.95. The Balaban J connectivity index is 1.64. The Morgan fingerprint density at radius 1 is 1.00 bits per heavy atom. The lowest BCUT2D eigenvalue weighted by molar-refractivity contribution is -0.393. The van der Waals surface area contributed by atoms with Gasteiger partial charge in [-0.15, -0.1) is 0 Å². The van der Waals surface area contributed by atoms with Gasteiger partial charge in [0.05, 0.1) is 9.86 Å². The van der Waals surface area contributed by atoms with Crippen LogP contribution in [0, 0.1) is 0 Å². The van der Waals surface area contributed by atoms with Crippen LogP contribution in [0.15, 0.2) is 59.2 Å². The molecule has 1 aliphatic rings. The fourth-order valence-corrected chi connectivity index (χ4v) is 4.17. The van der Waals surface area contributed by atoms with Crippen molar-refractivity contribution in [1.29, 1.82) is 0 Å². The van der Waals surface area contributed by atoms with E-state index < -0.39 is 0 Å². The highest BCUT2D eigenvalue weighted by atomic mass is 79.9. The molecule has 1 aromatic heterocycles. The molecule has 0 bridgehead atoms. The van der Waals surface area contributed by atoms with Gasteiger partial charge in [0.25, 0.3) is 0 Å². The van der Waals surface area contributed by atoms with Crippen LogP contribution in [0.4, 0.5) is 0 Å². The molecular weight excluding hydrogens is 378 g/mol. The van der Waals surface area contributed by atoms with Crippen LogP contribution in [-0.4, -0.2) is 13.2 Å².